The Hall–Kier alpha value is -1.38. The second-order valence-electron chi connectivity index (χ2n) is 5.10. The summed E-state index contributed by atoms with van der Waals surface area (Å²) in [5.41, 5.74) is 2.39. The van der Waals surface area contributed by atoms with Crippen molar-refractivity contribution in [2.45, 2.75) is 37.6 Å². The fourth-order valence-corrected chi connectivity index (χ4v) is 3.32. The first-order valence-electron chi connectivity index (χ1n) is 6.21. The Morgan fingerprint density at radius 1 is 1.29 bits per heavy atom. The lowest BCUT2D eigenvalue weighted by molar-refractivity contribution is -0.135. The number of amides is 1. The van der Waals surface area contributed by atoms with Crippen molar-refractivity contribution in [3.63, 3.8) is 0 Å². The Morgan fingerprint density at radius 3 is 2.94 bits per heavy atom. The molecule has 90 valence electrons. The number of carbonyl (C=O) groups is 1. The van der Waals surface area contributed by atoms with Gasteiger partial charge >= 0.3 is 0 Å². The van der Waals surface area contributed by atoms with Crippen molar-refractivity contribution >= 4 is 5.91 Å². The van der Waals surface area contributed by atoms with Crippen LogP contribution in [-0.2, 0) is 11.2 Å². The molecule has 1 aromatic carbocycles. The quantitative estimate of drug-likeness (QED) is 0.674. The number of fused-ring (bicyclic) bond motifs is 3. The molecule has 2 atom stereocenters. The number of benzene rings is 1. The zero-order chi connectivity index (χ0) is 12.0. The highest BCUT2D eigenvalue weighted by Gasteiger charge is 2.37. The zero-order valence-corrected chi connectivity index (χ0v) is 9.95. The normalized spacial score (nSPS) is 27.6. The molecule has 0 bridgehead atoms. The molecule has 0 radical (unpaired) electrons. The first-order chi connectivity index (χ1) is 8.16. The summed E-state index contributed by atoms with van der Waals surface area (Å²) in [6, 6.07) is 5.42. The van der Waals surface area contributed by atoms with Crippen molar-refractivity contribution in [3.05, 3.63) is 35.1 Å². The second-order valence-corrected chi connectivity index (χ2v) is 5.10. The average Bonchev–Trinajstić information content (AvgIpc) is 2.33. The van der Waals surface area contributed by atoms with Gasteiger partial charge in [-0.1, -0.05) is 6.07 Å². The van der Waals surface area contributed by atoms with Gasteiger partial charge in [0, 0.05) is 25.4 Å². The van der Waals surface area contributed by atoms with Gasteiger partial charge in [-0.15, -0.1) is 0 Å². The SMILES string of the molecule is CN1C(=O)CC[C@@H]2c3ccc(F)cc3CC[C@@H]21. The summed E-state index contributed by atoms with van der Waals surface area (Å²) in [6.45, 7) is 0. The maximum atomic E-state index is 13.2. The molecule has 1 saturated heterocycles. The number of aryl methyl sites for hydroxylation is 1. The van der Waals surface area contributed by atoms with Crippen LogP contribution in [-0.4, -0.2) is 23.9 Å². The lowest BCUT2D eigenvalue weighted by Crippen LogP contribution is -2.47. The number of likely N-dealkylation sites (N-methyl/N-ethyl adjacent to an activating group) is 1. The van der Waals surface area contributed by atoms with Crippen LogP contribution in [0.4, 0.5) is 4.39 Å². The molecule has 0 unspecified atom stereocenters. The highest BCUT2D eigenvalue weighted by atomic mass is 19.1. The lowest BCUT2D eigenvalue weighted by Gasteiger charge is -2.43. The summed E-state index contributed by atoms with van der Waals surface area (Å²) < 4.78 is 13.2. The maximum absolute atomic E-state index is 13.2. The van der Waals surface area contributed by atoms with Crippen LogP contribution in [0.15, 0.2) is 18.2 Å². The van der Waals surface area contributed by atoms with Crippen LogP contribution < -0.4 is 0 Å². The van der Waals surface area contributed by atoms with E-state index in [0.717, 1.165) is 24.8 Å². The number of rotatable bonds is 0. The molecule has 1 heterocycles. The average molecular weight is 233 g/mol. The largest absolute Gasteiger partial charge is 0.342 e. The minimum atomic E-state index is -0.151. The van der Waals surface area contributed by atoms with Crippen LogP contribution in [0.3, 0.4) is 0 Å². The van der Waals surface area contributed by atoms with Gasteiger partial charge in [0.2, 0.25) is 5.91 Å². The molecule has 0 spiro atoms. The summed E-state index contributed by atoms with van der Waals surface area (Å²) in [6.07, 6.45) is 3.37. The van der Waals surface area contributed by atoms with E-state index in [1.54, 1.807) is 6.07 Å². The van der Waals surface area contributed by atoms with E-state index < -0.39 is 0 Å². The third kappa shape index (κ3) is 1.65. The third-order valence-corrected chi connectivity index (χ3v) is 4.24. The van der Waals surface area contributed by atoms with Crippen LogP contribution in [0, 0.1) is 5.82 Å². The molecule has 0 N–H and O–H groups in total. The van der Waals surface area contributed by atoms with Crippen LogP contribution in [0.25, 0.3) is 0 Å². The Labute approximate surface area is 100 Å². The van der Waals surface area contributed by atoms with Gasteiger partial charge in [0.25, 0.3) is 0 Å². The minimum Gasteiger partial charge on any atom is -0.342 e. The van der Waals surface area contributed by atoms with E-state index >= 15 is 0 Å². The molecule has 2 aliphatic rings. The monoisotopic (exact) mass is 233 g/mol. The molecule has 1 aliphatic carbocycles. The number of piperidine rings is 1. The van der Waals surface area contributed by atoms with Gasteiger partial charge in [-0.2, -0.15) is 0 Å². The van der Waals surface area contributed by atoms with Crippen LogP contribution in [0.5, 0.6) is 0 Å². The Kier molecular flexibility index (Phi) is 2.42. The molecule has 2 nitrogen and oxygen atoms in total. The molecule has 1 fully saturated rings. The van der Waals surface area contributed by atoms with Gasteiger partial charge in [-0.05, 0) is 42.5 Å². The number of hydrogen-bond donors (Lipinski definition) is 0. The van der Waals surface area contributed by atoms with E-state index in [0.29, 0.717) is 18.4 Å². The molecular weight excluding hydrogens is 217 g/mol. The molecule has 1 aromatic rings. The molecule has 0 aromatic heterocycles. The maximum Gasteiger partial charge on any atom is 0.222 e. The molecule has 3 rings (SSSR count). The van der Waals surface area contributed by atoms with Gasteiger partial charge in [-0.25, -0.2) is 4.39 Å². The molecule has 1 aliphatic heterocycles. The topological polar surface area (TPSA) is 20.3 Å². The number of likely N-dealkylation sites (tertiary alicyclic amines) is 1. The van der Waals surface area contributed by atoms with Crippen molar-refractivity contribution in [3.8, 4) is 0 Å². The molecule has 0 saturated carbocycles. The van der Waals surface area contributed by atoms with Crippen molar-refractivity contribution in [1.82, 2.24) is 4.90 Å². The number of hydrogen-bond acceptors (Lipinski definition) is 1. The zero-order valence-electron chi connectivity index (χ0n) is 9.95. The third-order valence-electron chi connectivity index (χ3n) is 4.24. The summed E-state index contributed by atoms with van der Waals surface area (Å²) >= 11 is 0. The van der Waals surface area contributed by atoms with Gasteiger partial charge in [0.1, 0.15) is 5.82 Å². The molecule has 17 heavy (non-hydrogen) atoms. The molecule has 1 amide bonds. The highest BCUT2D eigenvalue weighted by Crippen LogP contribution is 2.40. The van der Waals surface area contributed by atoms with Crippen molar-refractivity contribution in [2.24, 2.45) is 0 Å². The summed E-state index contributed by atoms with van der Waals surface area (Å²) in [4.78, 5) is 13.6. The first-order valence-corrected chi connectivity index (χ1v) is 6.21. The van der Waals surface area contributed by atoms with E-state index in [9.17, 15) is 9.18 Å². The fraction of sp³-hybridized carbons (Fsp3) is 0.500. The van der Waals surface area contributed by atoms with E-state index in [2.05, 4.69) is 0 Å². The molecular formula is C14H16FNO. The van der Waals surface area contributed by atoms with E-state index in [4.69, 9.17) is 0 Å². The van der Waals surface area contributed by atoms with Crippen LogP contribution in [0.2, 0.25) is 0 Å². The Balaban J connectivity index is 1.99. The van der Waals surface area contributed by atoms with E-state index in [-0.39, 0.29) is 11.7 Å². The number of carbonyl (C=O) groups excluding carboxylic acids is 1. The summed E-state index contributed by atoms with van der Waals surface area (Å²) in [5.74, 6) is 0.501. The summed E-state index contributed by atoms with van der Waals surface area (Å²) in [7, 11) is 1.90. The molecule has 3 heteroatoms. The van der Waals surface area contributed by atoms with Crippen molar-refractivity contribution in [1.29, 1.82) is 0 Å². The smallest absolute Gasteiger partial charge is 0.222 e. The van der Waals surface area contributed by atoms with Crippen molar-refractivity contribution < 1.29 is 9.18 Å². The van der Waals surface area contributed by atoms with Crippen LogP contribution >= 0.6 is 0 Å². The van der Waals surface area contributed by atoms with Gasteiger partial charge < -0.3 is 4.90 Å². The standard InChI is InChI=1S/C14H16FNO/c1-16-13-6-2-9-8-10(15)3-4-11(9)12(13)5-7-14(16)17/h3-4,8,12-13H,2,5-7H2,1H3/t12-,13+/m1/s1. The number of nitrogens with zero attached hydrogens (tertiary/aromatic N) is 1. The minimum absolute atomic E-state index is 0.151. The summed E-state index contributed by atoms with van der Waals surface area (Å²) in [5, 5.41) is 0. The lowest BCUT2D eigenvalue weighted by atomic mass is 9.74. The fourth-order valence-electron chi connectivity index (χ4n) is 3.32. The first kappa shape index (κ1) is 10.8. The van der Waals surface area contributed by atoms with Gasteiger partial charge in [-0.3, -0.25) is 4.79 Å². The van der Waals surface area contributed by atoms with E-state index in [1.165, 1.54) is 11.6 Å². The van der Waals surface area contributed by atoms with E-state index in [1.807, 2.05) is 18.0 Å². The predicted octanol–water partition coefficient (Wildman–Crippen LogP) is 2.48. The second kappa shape index (κ2) is 3.83. The van der Waals surface area contributed by atoms with Crippen molar-refractivity contribution in [2.75, 3.05) is 7.05 Å². The predicted molar refractivity (Wildman–Crippen MR) is 63.3 cm³/mol. The van der Waals surface area contributed by atoms with Crippen LogP contribution in [0.1, 0.15) is 36.3 Å². The Morgan fingerprint density at radius 2 is 2.12 bits per heavy atom. The van der Waals surface area contributed by atoms with Gasteiger partial charge in [0.15, 0.2) is 0 Å². The highest BCUT2D eigenvalue weighted by molar-refractivity contribution is 5.77. The van der Waals surface area contributed by atoms with Gasteiger partial charge in [0.05, 0.1) is 0 Å². The number of halogens is 1. The Bertz CT molecular complexity index is 471.